The highest BCUT2D eigenvalue weighted by Gasteiger charge is 2.33. The van der Waals surface area contributed by atoms with Gasteiger partial charge in [-0.15, -0.1) is 0 Å². The van der Waals surface area contributed by atoms with E-state index in [-0.39, 0.29) is 23.6 Å². The van der Waals surface area contributed by atoms with Gasteiger partial charge in [0.05, 0.1) is 12.6 Å². The number of aromatic nitrogens is 2. The van der Waals surface area contributed by atoms with Crippen LogP contribution in [0.3, 0.4) is 0 Å². The van der Waals surface area contributed by atoms with Gasteiger partial charge in [0, 0.05) is 36.0 Å². The highest BCUT2D eigenvalue weighted by molar-refractivity contribution is 5.81. The number of carbonyl (C=O) groups excluding carboxylic acids is 1. The van der Waals surface area contributed by atoms with Gasteiger partial charge >= 0.3 is 0 Å². The molecule has 4 rings (SSSR count). The third-order valence-electron chi connectivity index (χ3n) is 5.70. The van der Waals surface area contributed by atoms with Crippen molar-refractivity contribution in [3.63, 3.8) is 0 Å². The standard InChI is InChI=1S/C19H24FN3O/c20-16-11-22-17-10-14(6-7-15(16)17)18(24)12-23-9-8-21-19(23)13-4-2-1-3-5-13/h7-9,11,13-14,17,22H,1-6,10,12H2. The number of nitrogens with zero attached hydrogens (tertiary/aromatic N) is 2. The zero-order valence-corrected chi connectivity index (χ0v) is 13.9. The lowest BCUT2D eigenvalue weighted by molar-refractivity contribution is -0.123. The average molecular weight is 329 g/mol. The molecule has 1 saturated carbocycles. The molecular weight excluding hydrogens is 305 g/mol. The largest absolute Gasteiger partial charge is 0.382 e. The van der Waals surface area contributed by atoms with Gasteiger partial charge in [0.1, 0.15) is 11.7 Å². The first-order chi connectivity index (χ1) is 11.7. The maximum absolute atomic E-state index is 13.6. The number of rotatable bonds is 4. The molecule has 0 bridgehead atoms. The van der Waals surface area contributed by atoms with Gasteiger partial charge in [0.15, 0.2) is 5.78 Å². The molecule has 0 aromatic carbocycles. The molecule has 2 heterocycles. The van der Waals surface area contributed by atoms with Crippen molar-refractivity contribution < 1.29 is 9.18 Å². The number of ketones is 1. The second-order valence-electron chi connectivity index (χ2n) is 7.25. The summed E-state index contributed by atoms with van der Waals surface area (Å²) in [6, 6.07) is -0.0340. The lowest BCUT2D eigenvalue weighted by Crippen LogP contribution is -2.32. The molecule has 0 spiro atoms. The van der Waals surface area contributed by atoms with Crippen molar-refractivity contribution in [3.05, 3.63) is 41.9 Å². The number of allylic oxidation sites excluding steroid dienone is 1. The molecule has 1 N–H and O–H groups in total. The van der Waals surface area contributed by atoms with Gasteiger partial charge in [-0.3, -0.25) is 4.79 Å². The normalized spacial score (nSPS) is 27.2. The Labute approximate surface area is 141 Å². The van der Waals surface area contributed by atoms with E-state index in [1.807, 2.05) is 23.0 Å². The summed E-state index contributed by atoms with van der Waals surface area (Å²) in [6.45, 7) is 0.391. The van der Waals surface area contributed by atoms with E-state index in [1.54, 1.807) is 0 Å². The number of fused-ring (bicyclic) bond motifs is 1. The summed E-state index contributed by atoms with van der Waals surface area (Å²) in [5.41, 5.74) is 0.726. The van der Waals surface area contributed by atoms with E-state index in [4.69, 9.17) is 0 Å². The fourth-order valence-corrected chi connectivity index (χ4v) is 4.33. The second-order valence-corrected chi connectivity index (χ2v) is 7.25. The van der Waals surface area contributed by atoms with E-state index in [1.165, 1.54) is 38.3 Å². The maximum atomic E-state index is 13.6. The summed E-state index contributed by atoms with van der Waals surface area (Å²) >= 11 is 0. The predicted molar refractivity (Wildman–Crippen MR) is 90.0 cm³/mol. The number of hydrogen-bond donors (Lipinski definition) is 1. The van der Waals surface area contributed by atoms with Crippen LogP contribution in [0.15, 0.2) is 36.1 Å². The minimum absolute atomic E-state index is 0.0340. The Morgan fingerprint density at radius 2 is 2.17 bits per heavy atom. The summed E-state index contributed by atoms with van der Waals surface area (Å²) in [5.74, 6) is 1.58. The van der Waals surface area contributed by atoms with Crippen LogP contribution >= 0.6 is 0 Å². The third kappa shape index (κ3) is 2.92. The monoisotopic (exact) mass is 329 g/mol. The van der Waals surface area contributed by atoms with Gasteiger partial charge in [-0.1, -0.05) is 25.3 Å². The Bertz CT molecular complexity index is 685. The number of nitrogens with one attached hydrogen (secondary N) is 1. The van der Waals surface area contributed by atoms with Gasteiger partial charge in [0.25, 0.3) is 0 Å². The molecule has 1 fully saturated rings. The molecule has 1 aliphatic heterocycles. The van der Waals surface area contributed by atoms with E-state index < -0.39 is 0 Å². The molecule has 2 atom stereocenters. The Morgan fingerprint density at radius 1 is 1.33 bits per heavy atom. The Kier molecular flexibility index (Phi) is 4.25. The molecule has 1 aromatic heterocycles. The Morgan fingerprint density at radius 3 is 3.00 bits per heavy atom. The first-order valence-electron chi connectivity index (χ1n) is 9.08. The first-order valence-corrected chi connectivity index (χ1v) is 9.08. The maximum Gasteiger partial charge on any atom is 0.156 e. The van der Waals surface area contributed by atoms with E-state index in [9.17, 15) is 9.18 Å². The van der Waals surface area contributed by atoms with Gasteiger partial charge < -0.3 is 9.88 Å². The number of imidazole rings is 1. The molecule has 0 amide bonds. The quantitative estimate of drug-likeness (QED) is 0.918. The lowest BCUT2D eigenvalue weighted by atomic mass is 9.84. The molecule has 2 unspecified atom stereocenters. The molecule has 2 aliphatic carbocycles. The number of carbonyl (C=O) groups is 1. The minimum Gasteiger partial charge on any atom is -0.382 e. The lowest BCUT2D eigenvalue weighted by Gasteiger charge is -2.26. The van der Waals surface area contributed by atoms with Gasteiger partial charge in [-0.05, 0) is 25.7 Å². The van der Waals surface area contributed by atoms with Gasteiger partial charge in [-0.25, -0.2) is 9.37 Å². The van der Waals surface area contributed by atoms with Crippen molar-refractivity contribution in [2.24, 2.45) is 5.92 Å². The molecule has 0 radical (unpaired) electrons. The smallest absolute Gasteiger partial charge is 0.156 e. The Balaban J connectivity index is 1.42. The van der Waals surface area contributed by atoms with Crippen molar-refractivity contribution in [3.8, 4) is 0 Å². The van der Waals surface area contributed by atoms with Crippen LogP contribution in [0.4, 0.5) is 4.39 Å². The van der Waals surface area contributed by atoms with E-state index in [0.29, 0.717) is 25.3 Å². The molecular formula is C19H24FN3O. The summed E-state index contributed by atoms with van der Waals surface area (Å²) in [4.78, 5) is 17.3. The Hall–Kier alpha value is -1.91. The van der Waals surface area contributed by atoms with Gasteiger partial charge in [-0.2, -0.15) is 0 Å². The van der Waals surface area contributed by atoms with Crippen LogP contribution < -0.4 is 5.32 Å². The highest BCUT2D eigenvalue weighted by Crippen LogP contribution is 2.34. The van der Waals surface area contributed by atoms with Crippen molar-refractivity contribution in [1.29, 1.82) is 0 Å². The topological polar surface area (TPSA) is 46.9 Å². The van der Waals surface area contributed by atoms with Crippen molar-refractivity contribution >= 4 is 5.78 Å². The van der Waals surface area contributed by atoms with Crippen LogP contribution in [0, 0.1) is 5.92 Å². The van der Waals surface area contributed by atoms with Crippen LogP contribution in [0.1, 0.15) is 56.7 Å². The van der Waals surface area contributed by atoms with Gasteiger partial charge in [0.2, 0.25) is 0 Å². The molecule has 24 heavy (non-hydrogen) atoms. The van der Waals surface area contributed by atoms with Crippen LogP contribution in [-0.4, -0.2) is 21.4 Å². The first kappa shape index (κ1) is 15.6. The van der Waals surface area contributed by atoms with Crippen molar-refractivity contribution in [2.75, 3.05) is 0 Å². The summed E-state index contributed by atoms with van der Waals surface area (Å²) in [5, 5.41) is 3.04. The molecule has 1 aromatic rings. The molecule has 3 aliphatic rings. The fraction of sp³-hybridized carbons (Fsp3) is 0.579. The predicted octanol–water partition coefficient (Wildman–Crippen LogP) is 3.62. The van der Waals surface area contributed by atoms with Crippen LogP contribution in [-0.2, 0) is 11.3 Å². The average Bonchev–Trinajstić information content (AvgIpc) is 3.22. The fourth-order valence-electron chi connectivity index (χ4n) is 4.33. The third-order valence-corrected chi connectivity index (χ3v) is 5.70. The number of hydrogen-bond acceptors (Lipinski definition) is 3. The number of Topliss-reactive ketones (excluding diaryl/α,β-unsaturated/α-hetero) is 1. The molecule has 0 saturated heterocycles. The van der Waals surface area contributed by atoms with E-state index in [0.717, 1.165) is 11.4 Å². The summed E-state index contributed by atoms with van der Waals surface area (Å²) in [6.07, 6.45) is 14.6. The highest BCUT2D eigenvalue weighted by atomic mass is 19.1. The van der Waals surface area contributed by atoms with Crippen LogP contribution in [0.5, 0.6) is 0 Å². The minimum atomic E-state index is -0.180. The number of halogens is 1. The summed E-state index contributed by atoms with van der Waals surface area (Å²) < 4.78 is 15.6. The van der Waals surface area contributed by atoms with E-state index >= 15 is 0 Å². The van der Waals surface area contributed by atoms with Crippen molar-refractivity contribution in [1.82, 2.24) is 14.9 Å². The molecule has 4 nitrogen and oxygen atoms in total. The zero-order valence-electron chi connectivity index (χ0n) is 13.9. The summed E-state index contributed by atoms with van der Waals surface area (Å²) in [7, 11) is 0. The second kappa shape index (κ2) is 6.54. The van der Waals surface area contributed by atoms with Crippen molar-refractivity contribution in [2.45, 2.75) is 63.5 Å². The van der Waals surface area contributed by atoms with Crippen LogP contribution in [0.25, 0.3) is 0 Å². The van der Waals surface area contributed by atoms with E-state index in [2.05, 4.69) is 10.3 Å². The molecule has 128 valence electrons. The zero-order chi connectivity index (χ0) is 16.5. The van der Waals surface area contributed by atoms with Crippen LogP contribution in [0.2, 0.25) is 0 Å². The SMILES string of the molecule is O=C(Cn1ccnc1C1CCCCC1)C1CC=C2C(F)=CNC2C1. The molecule has 5 heteroatoms.